The van der Waals surface area contributed by atoms with Gasteiger partial charge in [-0.2, -0.15) is 0 Å². The van der Waals surface area contributed by atoms with E-state index in [-0.39, 0.29) is 36.0 Å². The predicted octanol–water partition coefficient (Wildman–Crippen LogP) is 1.34. The maximum absolute atomic E-state index is 12.2. The zero-order valence-corrected chi connectivity index (χ0v) is 14.0. The molecule has 3 rings (SSSR count). The Balaban J connectivity index is 1.45. The van der Waals surface area contributed by atoms with Crippen LogP contribution in [0.3, 0.4) is 0 Å². The monoisotopic (exact) mass is 349 g/mol. The van der Waals surface area contributed by atoms with Gasteiger partial charge in [0.15, 0.2) is 0 Å². The first-order valence-corrected chi connectivity index (χ1v) is 8.54. The minimum atomic E-state index is -0.368. The molecule has 1 saturated heterocycles. The lowest BCUT2D eigenvalue weighted by Crippen LogP contribution is -2.38. The van der Waals surface area contributed by atoms with Crippen LogP contribution in [-0.4, -0.2) is 37.4 Å². The van der Waals surface area contributed by atoms with E-state index in [1.54, 1.807) is 29.2 Å². The first-order chi connectivity index (χ1) is 11.5. The van der Waals surface area contributed by atoms with Gasteiger partial charge in [0.2, 0.25) is 17.7 Å². The van der Waals surface area contributed by atoms with E-state index in [2.05, 4.69) is 10.6 Å². The summed E-state index contributed by atoms with van der Waals surface area (Å²) in [5, 5.41) is 6.19. The molecule has 2 fully saturated rings. The first-order valence-electron chi connectivity index (χ1n) is 8.16. The summed E-state index contributed by atoms with van der Waals surface area (Å²) in [7, 11) is 0. The molecular formula is C17H20ClN3O3. The van der Waals surface area contributed by atoms with Crippen LogP contribution >= 0.6 is 11.6 Å². The average molecular weight is 350 g/mol. The molecule has 7 heteroatoms. The largest absolute Gasteiger partial charge is 0.354 e. The Morgan fingerprint density at radius 2 is 1.62 bits per heavy atom. The molecule has 3 amide bonds. The Bertz CT molecular complexity index is 643. The topological polar surface area (TPSA) is 78.5 Å². The Labute approximate surface area is 145 Å². The minimum absolute atomic E-state index is 0.0641. The molecule has 1 aromatic rings. The highest BCUT2D eigenvalue weighted by atomic mass is 35.5. The van der Waals surface area contributed by atoms with Gasteiger partial charge in [0.25, 0.3) is 0 Å². The van der Waals surface area contributed by atoms with Crippen LogP contribution in [0.15, 0.2) is 24.3 Å². The second-order valence-electron chi connectivity index (χ2n) is 6.24. The third-order valence-corrected chi connectivity index (χ3v) is 4.56. The Kier molecular flexibility index (Phi) is 5.04. The molecule has 6 nitrogen and oxygen atoms in total. The fourth-order valence-corrected chi connectivity index (χ4v) is 2.89. The van der Waals surface area contributed by atoms with Gasteiger partial charge in [-0.1, -0.05) is 11.6 Å². The van der Waals surface area contributed by atoms with E-state index in [0.717, 1.165) is 18.5 Å². The lowest BCUT2D eigenvalue weighted by molar-refractivity contribution is -0.126. The molecule has 0 bridgehead atoms. The van der Waals surface area contributed by atoms with Gasteiger partial charge in [0.1, 0.15) is 0 Å². The number of nitrogens with one attached hydrogen (secondary N) is 2. The summed E-state index contributed by atoms with van der Waals surface area (Å²) in [5.74, 6) is -0.359. The van der Waals surface area contributed by atoms with Crippen LogP contribution in [0.2, 0.25) is 5.02 Å². The molecule has 1 aliphatic carbocycles. The van der Waals surface area contributed by atoms with Crippen LogP contribution in [0.4, 0.5) is 5.69 Å². The molecule has 2 N–H and O–H groups in total. The van der Waals surface area contributed by atoms with Crippen molar-refractivity contribution in [1.29, 1.82) is 0 Å². The first kappa shape index (κ1) is 16.8. The number of carbonyl (C=O) groups excluding carboxylic acids is 3. The van der Waals surface area contributed by atoms with Crippen molar-refractivity contribution in [1.82, 2.24) is 10.6 Å². The van der Waals surface area contributed by atoms with Crippen molar-refractivity contribution in [2.24, 2.45) is 11.8 Å². The second-order valence-corrected chi connectivity index (χ2v) is 6.67. The summed E-state index contributed by atoms with van der Waals surface area (Å²) in [6, 6.07) is 6.99. The van der Waals surface area contributed by atoms with Crippen LogP contribution in [0.5, 0.6) is 0 Å². The molecule has 24 heavy (non-hydrogen) atoms. The fraction of sp³-hybridized carbons (Fsp3) is 0.471. The number of hydrogen-bond acceptors (Lipinski definition) is 3. The number of anilines is 1. The third kappa shape index (κ3) is 4.06. The quantitative estimate of drug-likeness (QED) is 0.761. The van der Waals surface area contributed by atoms with Crippen molar-refractivity contribution < 1.29 is 14.4 Å². The molecule has 1 atom stereocenters. The van der Waals surface area contributed by atoms with Gasteiger partial charge in [-0.15, -0.1) is 0 Å². The van der Waals surface area contributed by atoms with E-state index in [9.17, 15) is 14.4 Å². The highest BCUT2D eigenvalue weighted by Gasteiger charge is 2.35. The molecule has 1 aromatic carbocycles. The van der Waals surface area contributed by atoms with Gasteiger partial charge in [0, 0.05) is 42.7 Å². The summed E-state index contributed by atoms with van der Waals surface area (Å²) in [6.07, 6.45) is 2.12. The minimum Gasteiger partial charge on any atom is -0.354 e. The summed E-state index contributed by atoms with van der Waals surface area (Å²) in [5.41, 5.74) is 0.747. The molecule has 128 valence electrons. The van der Waals surface area contributed by atoms with E-state index in [4.69, 9.17) is 11.6 Å². The zero-order valence-electron chi connectivity index (χ0n) is 13.3. The predicted molar refractivity (Wildman–Crippen MR) is 90.7 cm³/mol. The highest BCUT2D eigenvalue weighted by molar-refractivity contribution is 6.30. The van der Waals surface area contributed by atoms with Gasteiger partial charge < -0.3 is 15.5 Å². The van der Waals surface area contributed by atoms with E-state index in [1.165, 1.54) is 0 Å². The van der Waals surface area contributed by atoms with Gasteiger partial charge >= 0.3 is 0 Å². The Hall–Kier alpha value is -2.08. The van der Waals surface area contributed by atoms with Crippen molar-refractivity contribution in [2.45, 2.75) is 19.3 Å². The molecular weight excluding hydrogens is 330 g/mol. The number of rotatable bonds is 6. The Morgan fingerprint density at radius 3 is 2.21 bits per heavy atom. The van der Waals surface area contributed by atoms with Gasteiger partial charge in [-0.25, -0.2) is 0 Å². The van der Waals surface area contributed by atoms with Crippen LogP contribution in [-0.2, 0) is 14.4 Å². The Morgan fingerprint density at radius 1 is 1.04 bits per heavy atom. The molecule has 0 unspecified atom stereocenters. The van der Waals surface area contributed by atoms with Crippen molar-refractivity contribution in [3.63, 3.8) is 0 Å². The van der Waals surface area contributed by atoms with E-state index in [1.807, 2.05) is 0 Å². The number of benzene rings is 1. The molecule has 0 aromatic heterocycles. The van der Waals surface area contributed by atoms with Crippen LogP contribution in [0, 0.1) is 11.8 Å². The molecule has 1 saturated carbocycles. The normalized spacial score (nSPS) is 20.1. The molecule has 0 spiro atoms. The number of nitrogens with zero attached hydrogens (tertiary/aromatic N) is 1. The molecule has 1 heterocycles. The highest BCUT2D eigenvalue weighted by Crippen LogP contribution is 2.28. The number of carbonyl (C=O) groups is 3. The second kappa shape index (κ2) is 7.21. The van der Waals surface area contributed by atoms with E-state index < -0.39 is 0 Å². The lowest BCUT2D eigenvalue weighted by Gasteiger charge is -2.16. The van der Waals surface area contributed by atoms with E-state index >= 15 is 0 Å². The van der Waals surface area contributed by atoms with Crippen molar-refractivity contribution in [3.8, 4) is 0 Å². The molecule has 0 radical (unpaired) electrons. The maximum atomic E-state index is 12.2. The van der Waals surface area contributed by atoms with Crippen molar-refractivity contribution >= 4 is 35.0 Å². The van der Waals surface area contributed by atoms with Gasteiger partial charge in [-0.05, 0) is 37.1 Å². The maximum Gasteiger partial charge on any atom is 0.227 e. The average Bonchev–Trinajstić information content (AvgIpc) is 3.35. The molecule has 2 aliphatic rings. The summed E-state index contributed by atoms with van der Waals surface area (Å²) < 4.78 is 0. The van der Waals surface area contributed by atoms with Crippen molar-refractivity contribution in [3.05, 3.63) is 29.3 Å². The summed E-state index contributed by atoms with van der Waals surface area (Å²) >= 11 is 5.85. The summed E-state index contributed by atoms with van der Waals surface area (Å²) in [6.45, 7) is 1.16. The SMILES string of the molecule is O=C(NCCNC(=O)[C@@H]1CC(=O)N(c2ccc(Cl)cc2)C1)C1CC1. The lowest BCUT2D eigenvalue weighted by atomic mass is 10.1. The number of amides is 3. The third-order valence-electron chi connectivity index (χ3n) is 4.31. The van der Waals surface area contributed by atoms with Crippen molar-refractivity contribution in [2.75, 3.05) is 24.5 Å². The number of halogens is 1. The fourth-order valence-electron chi connectivity index (χ4n) is 2.76. The van der Waals surface area contributed by atoms with E-state index in [0.29, 0.717) is 24.7 Å². The smallest absolute Gasteiger partial charge is 0.227 e. The summed E-state index contributed by atoms with van der Waals surface area (Å²) in [4.78, 5) is 37.4. The van der Waals surface area contributed by atoms with Gasteiger partial charge in [-0.3, -0.25) is 14.4 Å². The standard InChI is InChI=1S/C17H20ClN3O3/c18-13-3-5-14(6-4-13)21-10-12(9-15(21)22)17(24)20-8-7-19-16(23)11-1-2-11/h3-6,11-12H,1-2,7-10H2,(H,19,23)(H,20,24)/t12-/m1/s1. The zero-order chi connectivity index (χ0) is 17.1. The molecule has 1 aliphatic heterocycles. The van der Waals surface area contributed by atoms with Gasteiger partial charge in [0.05, 0.1) is 5.92 Å². The van der Waals surface area contributed by atoms with Crippen LogP contribution in [0.25, 0.3) is 0 Å². The number of hydrogen-bond donors (Lipinski definition) is 2. The van der Waals surface area contributed by atoms with Crippen LogP contribution in [0.1, 0.15) is 19.3 Å². The van der Waals surface area contributed by atoms with Crippen LogP contribution < -0.4 is 15.5 Å².